The van der Waals surface area contributed by atoms with E-state index in [0.717, 1.165) is 5.69 Å². The predicted molar refractivity (Wildman–Crippen MR) is 82.0 cm³/mol. The second-order valence-electron chi connectivity index (χ2n) is 4.57. The molecule has 18 heavy (non-hydrogen) atoms. The molecule has 1 rings (SSSR count). The average molecular weight is 265 g/mol. The van der Waals surface area contributed by atoms with Crippen LogP contribution in [0.25, 0.3) is 0 Å². The highest BCUT2D eigenvalue weighted by Crippen LogP contribution is 2.14. The van der Waals surface area contributed by atoms with Gasteiger partial charge in [-0.1, -0.05) is 45.3 Å². The lowest BCUT2D eigenvalue weighted by Gasteiger charge is -2.19. The zero-order valence-corrected chi connectivity index (χ0v) is 12.1. The van der Waals surface area contributed by atoms with Gasteiger partial charge in [0.05, 0.1) is 17.6 Å². The molecule has 1 heterocycles. The van der Waals surface area contributed by atoms with Gasteiger partial charge in [-0.3, -0.25) is 4.98 Å². The van der Waals surface area contributed by atoms with Crippen molar-refractivity contribution in [1.82, 2.24) is 4.98 Å². The molecular formula is C14H23N3S. The molecule has 1 unspecified atom stereocenters. The minimum Gasteiger partial charge on any atom is -0.388 e. The zero-order chi connectivity index (χ0) is 13.4. The molecule has 0 aliphatic carbocycles. The molecule has 4 heteroatoms. The summed E-state index contributed by atoms with van der Waals surface area (Å²) in [6.07, 6.45) is 7.90. The number of hydrogen-bond donors (Lipinski definition) is 2. The molecule has 0 saturated heterocycles. The fourth-order valence-electron chi connectivity index (χ4n) is 1.95. The Morgan fingerprint density at radius 2 is 2.11 bits per heavy atom. The van der Waals surface area contributed by atoms with Gasteiger partial charge < -0.3 is 11.1 Å². The van der Waals surface area contributed by atoms with Crippen molar-refractivity contribution >= 4 is 22.9 Å². The lowest BCUT2D eigenvalue weighted by Crippen LogP contribution is -2.19. The minimum atomic E-state index is 0.345. The molecule has 0 bridgehead atoms. The van der Waals surface area contributed by atoms with Crippen molar-refractivity contribution in [2.75, 3.05) is 5.32 Å². The summed E-state index contributed by atoms with van der Waals surface area (Å²) < 4.78 is 0. The number of nitrogens with two attached hydrogens (primary N) is 1. The van der Waals surface area contributed by atoms with Gasteiger partial charge in [0.15, 0.2) is 0 Å². The Hall–Kier alpha value is -1.16. The van der Waals surface area contributed by atoms with E-state index in [-0.39, 0.29) is 0 Å². The van der Waals surface area contributed by atoms with E-state index < -0.39 is 0 Å². The standard InChI is InChI=1S/C14H23N3S/c1-3-5-7-11(6-4-2)17-12-8-9-13(14(15)18)16-10-12/h8-11,17H,3-7H2,1-2H3,(H2,15,18). The van der Waals surface area contributed by atoms with Gasteiger partial charge in [0.2, 0.25) is 0 Å². The van der Waals surface area contributed by atoms with Gasteiger partial charge in [0.25, 0.3) is 0 Å². The van der Waals surface area contributed by atoms with Gasteiger partial charge in [0.1, 0.15) is 4.99 Å². The number of unbranched alkanes of at least 4 members (excludes halogenated alkanes) is 1. The van der Waals surface area contributed by atoms with Gasteiger partial charge in [-0.05, 0) is 25.0 Å². The molecular weight excluding hydrogens is 242 g/mol. The maximum Gasteiger partial charge on any atom is 0.122 e. The molecule has 100 valence electrons. The fraction of sp³-hybridized carbons (Fsp3) is 0.571. The molecule has 1 aromatic rings. The van der Waals surface area contributed by atoms with Crippen LogP contribution >= 0.6 is 12.2 Å². The number of nitrogens with zero attached hydrogens (tertiary/aromatic N) is 1. The van der Waals surface area contributed by atoms with E-state index in [1.54, 1.807) is 0 Å². The van der Waals surface area contributed by atoms with Gasteiger partial charge in [0, 0.05) is 6.04 Å². The lowest BCUT2D eigenvalue weighted by atomic mass is 10.0. The van der Waals surface area contributed by atoms with Crippen molar-refractivity contribution in [3.8, 4) is 0 Å². The fourth-order valence-corrected chi connectivity index (χ4v) is 2.07. The molecule has 0 saturated carbocycles. The SMILES string of the molecule is CCCCC(CCC)Nc1ccc(C(N)=S)nc1. The molecule has 3 N–H and O–H groups in total. The Morgan fingerprint density at radius 1 is 1.33 bits per heavy atom. The summed E-state index contributed by atoms with van der Waals surface area (Å²) in [6, 6.07) is 4.40. The average Bonchev–Trinajstić information content (AvgIpc) is 2.37. The first-order valence-electron chi connectivity index (χ1n) is 6.69. The van der Waals surface area contributed by atoms with Crippen molar-refractivity contribution in [2.45, 2.75) is 52.0 Å². The first-order chi connectivity index (χ1) is 8.67. The summed E-state index contributed by atoms with van der Waals surface area (Å²) in [5.41, 5.74) is 7.25. The number of pyridine rings is 1. The second-order valence-corrected chi connectivity index (χ2v) is 5.01. The summed E-state index contributed by atoms with van der Waals surface area (Å²) in [5, 5.41) is 3.53. The number of nitrogens with one attached hydrogen (secondary N) is 1. The quantitative estimate of drug-likeness (QED) is 0.706. The van der Waals surface area contributed by atoms with Crippen molar-refractivity contribution in [1.29, 1.82) is 0 Å². The van der Waals surface area contributed by atoms with Crippen LogP contribution in [0.5, 0.6) is 0 Å². The Labute approximate surface area is 115 Å². The van der Waals surface area contributed by atoms with Crippen LogP contribution in [0.4, 0.5) is 5.69 Å². The smallest absolute Gasteiger partial charge is 0.122 e. The first kappa shape index (κ1) is 14.9. The Morgan fingerprint density at radius 3 is 2.61 bits per heavy atom. The number of hydrogen-bond acceptors (Lipinski definition) is 3. The third kappa shape index (κ3) is 5.00. The van der Waals surface area contributed by atoms with Crippen LogP contribution in [0.15, 0.2) is 18.3 Å². The summed E-state index contributed by atoms with van der Waals surface area (Å²) in [5.74, 6) is 0. The van der Waals surface area contributed by atoms with Crippen molar-refractivity contribution in [3.05, 3.63) is 24.0 Å². The third-order valence-electron chi connectivity index (χ3n) is 2.93. The number of thiocarbonyl (C=S) groups is 1. The Kier molecular flexibility index (Phi) is 6.65. The predicted octanol–water partition coefficient (Wildman–Crippen LogP) is 3.49. The molecule has 0 aliphatic heterocycles. The summed E-state index contributed by atoms with van der Waals surface area (Å²) >= 11 is 4.89. The third-order valence-corrected chi connectivity index (χ3v) is 3.14. The Bertz CT molecular complexity index is 362. The maximum absolute atomic E-state index is 5.53. The van der Waals surface area contributed by atoms with E-state index in [1.807, 2.05) is 18.3 Å². The normalized spacial score (nSPS) is 12.1. The second kappa shape index (κ2) is 8.03. The topological polar surface area (TPSA) is 50.9 Å². The van der Waals surface area contributed by atoms with E-state index in [4.69, 9.17) is 18.0 Å². The maximum atomic E-state index is 5.53. The molecule has 0 spiro atoms. The van der Waals surface area contributed by atoms with Crippen LogP contribution in [0.2, 0.25) is 0 Å². The number of rotatable bonds is 8. The molecule has 0 fully saturated rings. The zero-order valence-electron chi connectivity index (χ0n) is 11.3. The highest BCUT2D eigenvalue weighted by Gasteiger charge is 2.07. The molecule has 0 aromatic carbocycles. The lowest BCUT2D eigenvalue weighted by molar-refractivity contribution is 0.564. The van der Waals surface area contributed by atoms with Gasteiger partial charge >= 0.3 is 0 Å². The van der Waals surface area contributed by atoms with Crippen LogP contribution in [0.3, 0.4) is 0 Å². The number of aromatic nitrogens is 1. The van der Waals surface area contributed by atoms with Crippen LogP contribution in [0, 0.1) is 0 Å². The molecule has 0 radical (unpaired) electrons. The van der Waals surface area contributed by atoms with Gasteiger partial charge in [-0.25, -0.2) is 0 Å². The van der Waals surface area contributed by atoms with E-state index in [1.165, 1.54) is 32.1 Å². The van der Waals surface area contributed by atoms with E-state index >= 15 is 0 Å². The van der Waals surface area contributed by atoms with Crippen LogP contribution in [-0.4, -0.2) is 16.0 Å². The van der Waals surface area contributed by atoms with Gasteiger partial charge in [-0.15, -0.1) is 0 Å². The molecule has 3 nitrogen and oxygen atoms in total. The van der Waals surface area contributed by atoms with E-state index in [2.05, 4.69) is 24.1 Å². The largest absolute Gasteiger partial charge is 0.388 e. The van der Waals surface area contributed by atoms with Crippen LogP contribution in [-0.2, 0) is 0 Å². The number of anilines is 1. The molecule has 1 aromatic heterocycles. The van der Waals surface area contributed by atoms with Crippen LogP contribution in [0.1, 0.15) is 51.6 Å². The van der Waals surface area contributed by atoms with Gasteiger partial charge in [-0.2, -0.15) is 0 Å². The molecule has 1 atom stereocenters. The monoisotopic (exact) mass is 265 g/mol. The van der Waals surface area contributed by atoms with Crippen LogP contribution < -0.4 is 11.1 Å². The molecule has 0 amide bonds. The summed E-state index contributed by atoms with van der Waals surface area (Å²) in [7, 11) is 0. The van der Waals surface area contributed by atoms with Crippen molar-refractivity contribution in [2.24, 2.45) is 5.73 Å². The van der Waals surface area contributed by atoms with E-state index in [9.17, 15) is 0 Å². The minimum absolute atomic E-state index is 0.345. The molecule has 0 aliphatic rings. The van der Waals surface area contributed by atoms with E-state index in [0.29, 0.717) is 16.7 Å². The van der Waals surface area contributed by atoms with Crippen molar-refractivity contribution in [3.63, 3.8) is 0 Å². The summed E-state index contributed by atoms with van der Waals surface area (Å²) in [6.45, 7) is 4.44. The highest BCUT2D eigenvalue weighted by molar-refractivity contribution is 7.80. The first-order valence-corrected chi connectivity index (χ1v) is 7.10. The highest BCUT2D eigenvalue weighted by atomic mass is 32.1. The summed E-state index contributed by atoms with van der Waals surface area (Å²) in [4.78, 5) is 4.59. The van der Waals surface area contributed by atoms with Crippen molar-refractivity contribution < 1.29 is 0 Å². The Balaban J connectivity index is 2.59.